The summed E-state index contributed by atoms with van der Waals surface area (Å²) in [6.07, 6.45) is 3.94. The summed E-state index contributed by atoms with van der Waals surface area (Å²) < 4.78 is 28.0. The largest absolute Gasteiger partial charge is 0.369 e. The zero-order valence-corrected chi connectivity index (χ0v) is 13.8. The third-order valence-corrected chi connectivity index (χ3v) is 4.60. The van der Waals surface area contributed by atoms with Gasteiger partial charge in [-0.3, -0.25) is 4.72 Å². The van der Waals surface area contributed by atoms with Gasteiger partial charge >= 0.3 is 0 Å². The SMILES string of the molecule is CCCNc1ncccc1S(=O)(=O)Nc1ncccc1Br. The summed E-state index contributed by atoms with van der Waals surface area (Å²) in [5.41, 5.74) is 0. The van der Waals surface area contributed by atoms with Crippen LogP contribution in [0.3, 0.4) is 0 Å². The number of pyridine rings is 2. The molecule has 0 saturated heterocycles. The molecule has 21 heavy (non-hydrogen) atoms. The van der Waals surface area contributed by atoms with Gasteiger partial charge in [-0.1, -0.05) is 6.92 Å². The molecule has 2 rings (SSSR count). The number of halogens is 1. The van der Waals surface area contributed by atoms with Crippen LogP contribution in [0.1, 0.15) is 13.3 Å². The normalized spacial score (nSPS) is 11.1. The van der Waals surface area contributed by atoms with Crippen molar-refractivity contribution in [3.63, 3.8) is 0 Å². The molecule has 2 N–H and O–H groups in total. The highest BCUT2D eigenvalue weighted by Gasteiger charge is 2.20. The number of anilines is 2. The Balaban J connectivity index is 2.34. The molecular formula is C13H15BrN4O2S. The lowest BCUT2D eigenvalue weighted by Gasteiger charge is -2.12. The van der Waals surface area contributed by atoms with Crippen molar-refractivity contribution >= 4 is 37.6 Å². The fraction of sp³-hybridized carbons (Fsp3) is 0.231. The molecule has 0 spiro atoms. The van der Waals surface area contributed by atoms with Gasteiger partial charge in [0.1, 0.15) is 10.7 Å². The second kappa shape index (κ2) is 6.86. The van der Waals surface area contributed by atoms with Gasteiger partial charge in [0.2, 0.25) is 0 Å². The fourth-order valence-electron chi connectivity index (χ4n) is 1.63. The molecule has 112 valence electrons. The maximum atomic E-state index is 12.5. The molecule has 0 atom stereocenters. The summed E-state index contributed by atoms with van der Waals surface area (Å²) in [5, 5.41) is 3.01. The Kier molecular flexibility index (Phi) is 5.13. The smallest absolute Gasteiger partial charge is 0.266 e. The Morgan fingerprint density at radius 1 is 1.14 bits per heavy atom. The second-order valence-electron chi connectivity index (χ2n) is 4.22. The fourth-order valence-corrected chi connectivity index (χ4v) is 3.28. The van der Waals surface area contributed by atoms with Gasteiger partial charge in [0.25, 0.3) is 10.0 Å². The number of sulfonamides is 1. The maximum Gasteiger partial charge on any atom is 0.266 e. The van der Waals surface area contributed by atoms with E-state index in [1.54, 1.807) is 24.4 Å². The molecule has 2 heterocycles. The third kappa shape index (κ3) is 3.92. The first kappa shape index (κ1) is 15.7. The van der Waals surface area contributed by atoms with Crippen LogP contribution in [0.15, 0.2) is 46.0 Å². The zero-order valence-electron chi connectivity index (χ0n) is 11.4. The van der Waals surface area contributed by atoms with E-state index in [0.717, 1.165) is 6.42 Å². The first-order valence-electron chi connectivity index (χ1n) is 6.37. The molecule has 0 amide bonds. The van der Waals surface area contributed by atoms with Crippen molar-refractivity contribution in [2.75, 3.05) is 16.6 Å². The lowest BCUT2D eigenvalue weighted by molar-refractivity contribution is 0.601. The molecule has 0 aromatic carbocycles. The van der Waals surface area contributed by atoms with Crippen LogP contribution in [0.5, 0.6) is 0 Å². The molecule has 8 heteroatoms. The molecule has 6 nitrogen and oxygen atoms in total. The van der Waals surface area contributed by atoms with Crippen molar-refractivity contribution in [3.8, 4) is 0 Å². The van der Waals surface area contributed by atoms with E-state index in [1.807, 2.05) is 6.92 Å². The zero-order chi connectivity index (χ0) is 15.3. The van der Waals surface area contributed by atoms with E-state index < -0.39 is 10.0 Å². The van der Waals surface area contributed by atoms with Gasteiger partial charge in [-0.15, -0.1) is 0 Å². The minimum absolute atomic E-state index is 0.0935. The molecule has 0 radical (unpaired) electrons. The highest BCUT2D eigenvalue weighted by molar-refractivity contribution is 9.10. The van der Waals surface area contributed by atoms with Crippen molar-refractivity contribution < 1.29 is 8.42 Å². The van der Waals surface area contributed by atoms with Crippen LogP contribution in [0.25, 0.3) is 0 Å². The Morgan fingerprint density at radius 3 is 2.48 bits per heavy atom. The summed E-state index contributed by atoms with van der Waals surface area (Å²) in [6.45, 7) is 2.64. The lowest BCUT2D eigenvalue weighted by atomic mass is 10.4. The Bertz CT molecular complexity index is 722. The molecule has 0 unspecified atom stereocenters. The lowest BCUT2D eigenvalue weighted by Crippen LogP contribution is -2.17. The molecule has 0 saturated carbocycles. The third-order valence-electron chi connectivity index (χ3n) is 2.59. The predicted molar refractivity (Wildman–Crippen MR) is 85.8 cm³/mol. The van der Waals surface area contributed by atoms with Crippen LogP contribution >= 0.6 is 15.9 Å². The van der Waals surface area contributed by atoms with E-state index in [1.165, 1.54) is 12.3 Å². The minimum atomic E-state index is -3.76. The van der Waals surface area contributed by atoms with Gasteiger partial charge in [-0.05, 0) is 46.6 Å². The van der Waals surface area contributed by atoms with E-state index in [9.17, 15) is 8.42 Å². The average molecular weight is 371 g/mol. The van der Waals surface area contributed by atoms with Crippen LogP contribution in [0.4, 0.5) is 11.6 Å². The number of nitrogens with one attached hydrogen (secondary N) is 2. The van der Waals surface area contributed by atoms with Crippen molar-refractivity contribution in [2.24, 2.45) is 0 Å². The van der Waals surface area contributed by atoms with E-state index in [2.05, 4.69) is 35.9 Å². The van der Waals surface area contributed by atoms with Gasteiger partial charge < -0.3 is 5.32 Å². The average Bonchev–Trinajstić information content (AvgIpc) is 2.47. The van der Waals surface area contributed by atoms with Crippen molar-refractivity contribution in [2.45, 2.75) is 18.2 Å². The second-order valence-corrected chi connectivity index (χ2v) is 6.72. The van der Waals surface area contributed by atoms with Crippen LogP contribution in [0, 0.1) is 0 Å². The van der Waals surface area contributed by atoms with Gasteiger partial charge in [0, 0.05) is 18.9 Å². The summed E-state index contributed by atoms with van der Waals surface area (Å²) in [5.74, 6) is 0.571. The number of rotatable bonds is 6. The predicted octanol–water partition coefficient (Wildman–Crippen LogP) is 2.86. The summed E-state index contributed by atoms with van der Waals surface area (Å²) in [4.78, 5) is 8.18. The molecule has 0 aliphatic heterocycles. The van der Waals surface area contributed by atoms with E-state index in [-0.39, 0.29) is 10.7 Å². The number of aromatic nitrogens is 2. The van der Waals surface area contributed by atoms with Gasteiger partial charge in [-0.2, -0.15) is 0 Å². The monoisotopic (exact) mass is 370 g/mol. The highest BCUT2D eigenvalue weighted by atomic mass is 79.9. The molecular weight excluding hydrogens is 356 g/mol. The molecule has 2 aromatic heterocycles. The molecule has 2 aromatic rings. The number of hydrogen-bond donors (Lipinski definition) is 2. The Hall–Kier alpha value is -1.67. The first-order valence-corrected chi connectivity index (χ1v) is 8.64. The van der Waals surface area contributed by atoms with Crippen molar-refractivity contribution in [1.82, 2.24) is 9.97 Å². The summed E-state index contributed by atoms with van der Waals surface area (Å²) in [7, 11) is -3.76. The molecule has 0 aliphatic carbocycles. The molecule has 0 aliphatic rings. The standard InChI is InChI=1S/C13H15BrN4O2S/c1-2-7-15-13-11(6-4-9-17-13)21(19,20)18-12-10(14)5-3-8-16-12/h3-6,8-9H,2,7H2,1H3,(H,15,17)(H,16,18). The summed E-state index contributed by atoms with van der Waals surface area (Å²) in [6, 6.07) is 6.51. The van der Waals surface area contributed by atoms with Gasteiger partial charge in [-0.25, -0.2) is 18.4 Å². The van der Waals surface area contributed by atoms with E-state index >= 15 is 0 Å². The van der Waals surface area contributed by atoms with Crippen LogP contribution in [-0.2, 0) is 10.0 Å². The molecule has 0 bridgehead atoms. The van der Waals surface area contributed by atoms with Crippen LogP contribution in [0.2, 0.25) is 0 Å². The number of hydrogen-bond acceptors (Lipinski definition) is 5. The van der Waals surface area contributed by atoms with Crippen LogP contribution in [-0.4, -0.2) is 24.9 Å². The van der Waals surface area contributed by atoms with Gasteiger partial charge in [0.05, 0.1) is 4.47 Å². The van der Waals surface area contributed by atoms with E-state index in [4.69, 9.17) is 0 Å². The van der Waals surface area contributed by atoms with Crippen molar-refractivity contribution in [3.05, 3.63) is 41.1 Å². The maximum absolute atomic E-state index is 12.5. The Morgan fingerprint density at radius 2 is 1.81 bits per heavy atom. The Labute approximate surface area is 132 Å². The minimum Gasteiger partial charge on any atom is -0.369 e. The quantitative estimate of drug-likeness (QED) is 0.816. The van der Waals surface area contributed by atoms with Crippen molar-refractivity contribution in [1.29, 1.82) is 0 Å². The highest BCUT2D eigenvalue weighted by Crippen LogP contribution is 2.24. The first-order chi connectivity index (χ1) is 10.0. The van der Waals surface area contributed by atoms with Crippen LogP contribution < -0.4 is 10.0 Å². The number of nitrogens with zero attached hydrogens (tertiary/aromatic N) is 2. The topological polar surface area (TPSA) is 84.0 Å². The summed E-state index contributed by atoms with van der Waals surface area (Å²) >= 11 is 3.26. The van der Waals surface area contributed by atoms with E-state index in [0.29, 0.717) is 16.8 Å². The molecule has 0 fully saturated rings. The van der Waals surface area contributed by atoms with Gasteiger partial charge in [0.15, 0.2) is 5.82 Å².